The minimum Gasteiger partial charge on any atom is -0.507 e. The number of aliphatic hydroxyl groups excluding tert-OH is 1. The number of nitrogen functional groups attached to an aromatic ring is 1. The summed E-state index contributed by atoms with van der Waals surface area (Å²) in [6.07, 6.45) is 3.60. The Labute approximate surface area is 461 Å². The summed E-state index contributed by atoms with van der Waals surface area (Å²) in [4.78, 5) is 46.1. The van der Waals surface area contributed by atoms with Crippen LogP contribution in [0.1, 0.15) is 87.8 Å². The van der Waals surface area contributed by atoms with Crippen molar-refractivity contribution in [2.45, 2.75) is 127 Å². The number of aryl methyl sites for hydroxylation is 1. The van der Waals surface area contributed by atoms with Gasteiger partial charge in [-0.15, -0.1) is 21.5 Å². The van der Waals surface area contributed by atoms with Gasteiger partial charge in [-0.05, 0) is 79.1 Å². The molecule has 0 spiro atoms. The van der Waals surface area contributed by atoms with Gasteiger partial charge in [-0.2, -0.15) is 0 Å². The summed E-state index contributed by atoms with van der Waals surface area (Å²) >= 11 is 1.45. The predicted molar refractivity (Wildman–Crippen MR) is 292 cm³/mol. The number of halogens is 2. The molecule has 1 saturated carbocycles. The number of alkyl halides is 2. The number of β-amino-alcohol motifs (C(OH)–C–C–N with tert-alkyl or cyclic N) is 1. The molecule has 79 heavy (non-hydrogen) atoms. The summed E-state index contributed by atoms with van der Waals surface area (Å²) in [5.74, 6) is -0.830. The number of thiazole rings is 1. The Hall–Kier alpha value is -7.01. The monoisotopic (exact) mass is 1100 g/mol. The zero-order valence-corrected chi connectivity index (χ0v) is 45.3. The SMILES string of the molecule is Cc1ncsc1-c1ccc([C@@H](NC(=O)[C@@H]2C[C@@H](O)CN2C(=O)[C@@H](c2cc(OCCN3CCC(O[C@H]4C[C@H](Oc5cc(N6C7CCC6CN(c6cc(-c8ccccc8O)nnc6N)C7)ccn5)C4)CC3)no2)C(C)C)C(F)F)cc1. The van der Waals surface area contributed by atoms with E-state index in [0.717, 1.165) is 92.2 Å². The quantitative estimate of drug-likeness (QED) is 0.0619. The smallest absolute Gasteiger partial charge is 0.262 e. The van der Waals surface area contributed by atoms with Crippen LogP contribution >= 0.6 is 11.3 Å². The minimum absolute atomic E-state index is 0.0320. The van der Waals surface area contributed by atoms with Crippen molar-refractivity contribution < 1.29 is 47.3 Å². The van der Waals surface area contributed by atoms with Crippen molar-refractivity contribution in [2.75, 3.05) is 61.4 Å². The number of amides is 2. The van der Waals surface area contributed by atoms with Crippen molar-refractivity contribution in [3.05, 3.63) is 102 Å². The fourth-order valence-electron chi connectivity index (χ4n) is 12.0. The number of aromatic nitrogens is 5. The number of hydrogen-bond acceptors (Lipinski definition) is 18. The van der Waals surface area contributed by atoms with Gasteiger partial charge in [-0.1, -0.05) is 50.2 Å². The van der Waals surface area contributed by atoms with Crippen molar-refractivity contribution in [1.29, 1.82) is 0 Å². The lowest BCUT2D eigenvalue weighted by Gasteiger charge is -2.43. The van der Waals surface area contributed by atoms with Gasteiger partial charge in [0.25, 0.3) is 12.3 Å². The third-order valence-electron chi connectivity index (χ3n) is 16.2. The maximum absolute atomic E-state index is 14.5. The number of rotatable bonds is 19. The molecule has 2 aromatic carbocycles. The number of benzene rings is 2. The number of phenolic OH excluding ortho intramolecular Hbond substituents is 1. The van der Waals surface area contributed by atoms with Gasteiger partial charge in [-0.25, -0.2) is 18.7 Å². The molecular weight excluding hydrogens is 1040 g/mol. The molecule has 418 valence electrons. The number of piperazine rings is 1. The zero-order valence-electron chi connectivity index (χ0n) is 44.4. The number of aliphatic hydroxyl groups is 1. The minimum atomic E-state index is -2.93. The summed E-state index contributed by atoms with van der Waals surface area (Å²) in [7, 11) is 0. The lowest BCUT2D eigenvalue weighted by Crippen LogP contribution is -2.54. The van der Waals surface area contributed by atoms with Gasteiger partial charge in [0.15, 0.2) is 11.6 Å². The first kappa shape index (κ1) is 54.0. The van der Waals surface area contributed by atoms with E-state index in [1.165, 1.54) is 16.2 Å². The van der Waals surface area contributed by atoms with Gasteiger partial charge in [-0.3, -0.25) is 14.5 Å². The molecular formula is C57H67F2N11O8S. The van der Waals surface area contributed by atoms with Gasteiger partial charge in [0, 0.05) is 100 Å². The number of ether oxygens (including phenoxy) is 3. The highest BCUT2D eigenvalue weighted by molar-refractivity contribution is 7.13. The van der Waals surface area contributed by atoms with Gasteiger partial charge < -0.3 is 54.7 Å². The number of hydrogen-bond donors (Lipinski definition) is 4. The molecule has 5 N–H and O–H groups in total. The number of carbonyl (C=O) groups is 2. The average molecular weight is 1100 g/mol. The van der Waals surface area contributed by atoms with Gasteiger partial charge >= 0.3 is 0 Å². The zero-order chi connectivity index (χ0) is 54.9. The van der Waals surface area contributed by atoms with Crippen LogP contribution in [0.25, 0.3) is 21.7 Å². The number of likely N-dealkylation sites (tertiary alicyclic amines) is 2. The molecule has 0 radical (unpaired) electrons. The molecule has 1 aliphatic carbocycles. The van der Waals surface area contributed by atoms with Gasteiger partial charge in [0.1, 0.15) is 36.5 Å². The molecule has 4 saturated heterocycles. The number of para-hydroxylation sites is 1. The fraction of sp³-hybridized carbons (Fsp3) is 0.491. The van der Waals surface area contributed by atoms with Gasteiger partial charge in [0.2, 0.25) is 17.7 Å². The first-order valence-electron chi connectivity index (χ1n) is 27.3. The van der Waals surface area contributed by atoms with E-state index in [9.17, 15) is 28.6 Å². The van der Waals surface area contributed by atoms with Crippen LogP contribution in [0.15, 0.2) is 89.0 Å². The number of nitrogens with two attached hydrogens (primary N) is 1. The number of nitrogens with one attached hydrogen (secondary N) is 1. The van der Waals surface area contributed by atoms with Crippen LogP contribution in [-0.4, -0.2) is 152 Å². The molecule has 6 aromatic rings. The second-order valence-corrected chi connectivity index (χ2v) is 22.7. The predicted octanol–water partition coefficient (Wildman–Crippen LogP) is 7.40. The molecule has 22 heteroatoms. The van der Waals surface area contributed by atoms with E-state index in [0.29, 0.717) is 36.1 Å². The van der Waals surface area contributed by atoms with Crippen molar-refractivity contribution in [1.82, 2.24) is 40.4 Å². The van der Waals surface area contributed by atoms with E-state index >= 15 is 0 Å². The van der Waals surface area contributed by atoms with Crippen molar-refractivity contribution >= 4 is 40.3 Å². The number of fused-ring (bicyclic) bond motifs is 2. The normalized spacial score (nSPS) is 23.3. The van der Waals surface area contributed by atoms with E-state index in [1.807, 2.05) is 45.2 Å². The van der Waals surface area contributed by atoms with Crippen LogP contribution in [0.5, 0.6) is 17.5 Å². The second-order valence-electron chi connectivity index (χ2n) is 21.8. The largest absolute Gasteiger partial charge is 0.507 e. The standard InChI is InChI=1S/C57H67F2N11O8S/c1-32(2)51(57(74)69-30-39(71)23-46(69)56(73)63-52(54(58)59)34-8-10-35(11-9-34)53-33(3)62-31-79-53)48-27-50(66-78-48)75-21-20-67-18-15-40(16-19-67)76-41-24-42(25-41)77-49-22-36(14-17-61-49)70-37-12-13-38(70)29-68(28-37)45-26-44(64-65-55(45)60)43-6-4-5-7-47(43)72/h4-11,14,17,22,26-27,31-32,37-42,46,51-52,54,71-72H,12-13,15-16,18-21,23-25,28-30H2,1-3H3,(H2,60,65)(H,63,73)/t37?,38?,39-,41-,42-,46+,51-,52-/m1/s1. The van der Waals surface area contributed by atoms with E-state index < -0.39 is 42.3 Å². The highest BCUT2D eigenvalue weighted by Crippen LogP contribution is 2.41. The molecule has 19 nitrogen and oxygen atoms in total. The number of pyridine rings is 1. The summed E-state index contributed by atoms with van der Waals surface area (Å²) in [6.45, 7) is 9.66. The molecule has 2 unspecified atom stereocenters. The summed E-state index contributed by atoms with van der Waals surface area (Å²) < 4.78 is 53.6. The summed E-state index contributed by atoms with van der Waals surface area (Å²) in [5, 5.41) is 36.3. The number of aromatic hydroxyl groups is 1. The van der Waals surface area contributed by atoms with Crippen LogP contribution in [0.3, 0.4) is 0 Å². The van der Waals surface area contributed by atoms with Crippen LogP contribution < -0.4 is 30.3 Å². The first-order valence-corrected chi connectivity index (χ1v) is 28.2. The molecule has 2 bridgehead atoms. The number of nitrogens with zero attached hydrogens (tertiary/aromatic N) is 9. The average Bonchev–Trinajstić information content (AvgIpc) is 4.24. The Morgan fingerprint density at radius 3 is 2.37 bits per heavy atom. The number of carbonyl (C=O) groups excluding carboxylic acids is 2. The molecule has 8 heterocycles. The van der Waals surface area contributed by atoms with E-state index in [2.05, 4.69) is 57.5 Å². The molecule has 11 rings (SSSR count). The molecule has 4 aromatic heterocycles. The fourth-order valence-corrected chi connectivity index (χ4v) is 12.8. The highest BCUT2D eigenvalue weighted by Gasteiger charge is 2.45. The van der Waals surface area contributed by atoms with E-state index in [-0.39, 0.29) is 72.2 Å². The van der Waals surface area contributed by atoms with Crippen LogP contribution in [-0.2, 0) is 14.3 Å². The first-order chi connectivity index (χ1) is 38.2. The van der Waals surface area contributed by atoms with Crippen LogP contribution in [0.2, 0.25) is 0 Å². The summed E-state index contributed by atoms with van der Waals surface area (Å²) in [5.41, 5.74) is 13.1. The summed E-state index contributed by atoms with van der Waals surface area (Å²) in [6, 6.07) is 19.0. The Kier molecular flexibility index (Phi) is 16.0. The van der Waals surface area contributed by atoms with E-state index in [4.69, 9.17) is 24.5 Å². The Morgan fingerprint density at radius 1 is 0.899 bits per heavy atom. The van der Waals surface area contributed by atoms with Crippen LogP contribution in [0, 0.1) is 12.8 Å². The Bertz CT molecular complexity index is 3070. The number of piperidine rings is 1. The third-order valence-corrected chi connectivity index (χ3v) is 17.2. The molecule has 5 fully saturated rings. The van der Waals surface area contributed by atoms with E-state index in [1.54, 1.807) is 48.0 Å². The van der Waals surface area contributed by atoms with Crippen LogP contribution in [0.4, 0.5) is 26.0 Å². The topological polar surface area (TPSA) is 231 Å². The molecule has 5 aliphatic rings. The Balaban J connectivity index is 0.608. The lowest BCUT2D eigenvalue weighted by atomic mass is 9.91. The highest BCUT2D eigenvalue weighted by atomic mass is 32.1. The number of anilines is 3. The Morgan fingerprint density at radius 2 is 1.66 bits per heavy atom. The maximum Gasteiger partial charge on any atom is 0.262 e. The molecule has 2 amide bonds. The second kappa shape index (κ2) is 23.4. The maximum atomic E-state index is 14.5. The molecule has 6 atom stereocenters. The van der Waals surface area contributed by atoms with Gasteiger partial charge in [0.05, 0.1) is 45.8 Å². The lowest BCUT2D eigenvalue weighted by molar-refractivity contribution is -0.141. The van der Waals surface area contributed by atoms with Crippen molar-refractivity contribution in [2.24, 2.45) is 5.92 Å². The number of phenols is 1. The molecule has 4 aliphatic heterocycles. The van der Waals surface area contributed by atoms with Crippen molar-refractivity contribution in [3.63, 3.8) is 0 Å². The van der Waals surface area contributed by atoms with Crippen molar-refractivity contribution in [3.8, 4) is 39.2 Å². The third kappa shape index (κ3) is 11.8.